The maximum Gasteiger partial charge on any atom is 0.224 e. The van der Waals surface area contributed by atoms with Gasteiger partial charge in [0.15, 0.2) is 0 Å². The minimum atomic E-state index is -0.0507. The van der Waals surface area contributed by atoms with E-state index in [1.165, 1.54) is 5.56 Å². The average Bonchev–Trinajstić information content (AvgIpc) is 3.14. The number of hydrogen-bond donors (Lipinski definition) is 1. The van der Waals surface area contributed by atoms with Gasteiger partial charge in [0.1, 0.15) is 11.3 Å². The van der Waals surface area contributed by atoms with Crippen LogP contribution in [0.1, 0.15) is 37.7 Å². The Balaban J connectivity index is 1.75. The quantitative estimate of drug-likeness (QED) is 0.786. The van der Waals surface area contributed by atoms with Crippen molar-refractivity contribution in [3.8, 4) is 0 Å². The molecule has 1 aromatic carbocycles. The van der Waals surface area contributed by atoms with Gasteiger partial charge in [0.25, 0.3) is 0 Å². The van der Waals surface area contributed by atoms with Crippen LogP contribution in [0.25, 0.3) is 11.0 Å². The van der Waals surface area contributed by atoms with Crippen molar-refractivity contribution in [2.45, 2.75) is 39.2 Å². The maximum absolute atomic E-state index is 12.1. The molecule has 0 fully saturated rings. The van der Waals surface area contributed by atoms with Crippen molar-refractivity contribution < 1.29 is 13.6 Å². The molecule has 0 radical (unpaired) electrons. The Bertz CT molecular complexity index is 807. The smallest absolute Gasteiger partial charge is 0.224 e. The number of hydrogen-bond acceptors (Lipinski definition) is 3. The van der Waals surface area contributed by atoms with E-state index in [-0.39, 0.29) is 11.3 Å². The minimum Gasteiger partial charge on any atom is -0.467 e. The first kappa shape index (κ1) is 15.4. The van der Waals surface area contributed by atoms with Gasteiger partial charge in [-0.15, -0.1) is 0 Å². The van der Waals surface area contributed by atoms with Crippen LogP contribution in [-0.4, -0.2) is 5.91 Å². The fourth-order valence-corrected chi connectivity index (χ4v) is 2.52. The molecule has 2 aromatic heterocycles. The molecule has 3 aromatic rings. The van der Waals surface area contributed by atoms with Gasteiger partial charge in [-0.2, -0.15) is 0 Å². The molecule has 23 heavy (non-hydrogen) atoms. The molecule has 0 aliphatic heterocycles. The second-order valence-electron chi connectivity index (χ2n) is 6.75. The molecule has 0 unspecified atom stereocenters. The first-order valence-corrected chi connectivity index (χ1v) is 7.73. The van der Waals surface area contributed by atoms with Gasteiger partial charge < -0.3 is 14.2 Å². The second-order valence-corrected chi connectivity index (χ2v) is 6.75. The van der Waals surface area contributed by atoms with Gasteiger partial charge in [-0.25, -0.2) is 0 Å². The number of amides is 1. The van der Waals surface area contributed by atoms with E-state index in [0.29, 0.717) is 13.0 Å². The van der Waals surface area contributed by atoms with Crippen LogP contribution in [0, 0.1) is 0 Å². The first-order valence-electron chi connectivity index (χ1n) is 7.73. The highest BCUT2D eigenvalue weighted by atomic mass is 16.3. The normalized spacial score (nSPS) is 11.8. The zero-order chi connectivity index (χ0) is 16.4. The molecule has 1 amide bonds. The lowest BCUT2D eigenvalue weighted by Gasteiger charge is -2.18. The lowest BCUT2D eigenvalue weighted by Crippen LogP contribution is -2.24. The number of fused-ring (bicyclic) bond motifs is 1. The van der Waals surface area contributed by atoms with Crippen molar-refractivity contribution >= 4 is 16.9 Å². The molecule has 3 rings (SSSR count). The number of furan rings is 2. The van der Waals surface area contributed by atoms with Crippen molar-refractivity contribution in [2.24, 2.45) is 0 Å². The Morgan fingerprint density at radius 3 is 2.70 bits per heavy atom. The summed E-state index contributed by atoms with van der Waals surface area (Å²) in [6.07, 6.45) is 3.56. The summed E-state index contributed by atoms with van der Waals surface area (Å²) < 4.78 is 10.8. The number of carbonyl (C=O) groups is 1. The van der Waals surface area contributed by atoms with Gasteiger partial charge in [-0.1, -0.05) is 26.8 Å². The maximum atomic E-state index is 12.1. The van der Waals surface area contributed by atoms with Crippen molar-refractivity contribution in [3.63, 3.8) is 0 Å². The fraction of sp³-hybridized carbons (Fsp3) is 0.316. The van der Waals surface area contributed by atoms with Gasteiger partial charge in [0.05, 0.1) is 25.5 Å². The zero-order valence-electron chi connectivity index (χ0n) is 13.7. The molecule has 2 heterocycles. The van der Waals surface area contributed by atoms with Crippen LogP contribution in [0.5, 0.6) is 0 Å². The van der Waals surface area contributed by atoms with Crippen LogP contribution < -0.4 is 5.32 Å². The highest BCUT2D eigenvalue weighted by Gasteiger charge is 2.17. The predicted molar refractivity (Wildman–Crippen MR) is 89.2 cm³/mol. The van der Waals surface area contributed by atoms with E-state index in [4.69, 9.17) is 8.83 Å². The number of rotatable bonds is 4. The molecule has 0 saturated heterocycles. The molecule has 0 spiro atoms. The molecule has 0 saturated carbocycles. The molecular formula is C19H21NO3. The van der Waals surface area contributed by atoms with E-state index >= 15 is 0 Å². The van der Waals surface area contributed by atoms with Gasteiger partial charge in [-0.05, 0) is 35.2 Å². The summed E-state index contributed by atoms with van der Waals surface area (Å²) in [7, 11) is 0. The topological polar surface area (TPSA) is 55.4 Å². The van der Waals surface area contributed by atoms with Gasteiger partial charge in [-0.3, -0.25) is 4.79 Å². The van der Waals surface area contributed by atoms with Gasteiger partial charge in [0.2, 0.25) is 5.91 Å². The molecule has 0 aliphatic carbocycles. The summed E-state index contributed by atoms with van der Waals surface area (Å²) in [4.78, 5) is 12.1. The van der Waals surface area contributed by atoms with Crippen molar-refractivity contribution in [3.05, 3.63) is 59.7 Å². The number of carbonyl (C=O) groups excluding carboxylic acids is 1. The largest absolute Gasteiger partial charge is 0.467 e. The van der Waals surface area contributed by atoms with Gasteiger partial charge in [0, 0.05) is 10.9 Å². The first-order chi connectivity index (χ1) is 10.9. The van der Waals surface area contributed by atoms with E-state index in [9.17, 15) is 4.79 Å². The summed E-state index contributed by atoms with van der Waals surface area (Å²) >= 11 is 0. The third-order valence-electron chi connectivity index (χ3n) is 3.91. The molecule has 0 bridgehead atoms. The van der Waals surface area contributed by atoms with E-state index in [1.807, 2.05) is 12.1 Å². The molecule has 0 aliphatic rings. The van der Waals surface area contributed by atoms with E-state index in [2.05, 4.69) is 38.2 Å². The molecular weight excluding hydrogens is 290 g/mol. The third-order valence-corrected chi connectivity index (χ3v) is 3.91. The molecule has 0 atom stereocenters. The summed E-state index contributed by atoms with van der Waals surface area (Å²) in [5, 5.41) is 3.86. The summed E-state index contributed by atoms with van der Waals surface area (Å²) in [5.74, 6) is 0.690. The summed E-state index contributed by atoms with van der Waals surface area (Å²) in [5.41, 5.74) is 3.00. The Labute approximate surface area is 135 Å². The summed E-state index contributed by atoms with van der Waals surface area (Å²) in [6.45, 7) is 6.91. The Morgan fingerprint density at radius 1 is 1.17 bits per heavy atom. The van der Waals surface area contributed by atoms with Crippen LogP contribution in [-0.2, 0) is 23.2 Å². The SMILES string of the molecule is CC(C)(C)c1ccc2occ(CC(=O)NCc3ccco3)c2c1. The van der Waals surface area contributed by atoms with Crippen molar-refractivity contribution in [1.29, 1.82) is 0 Å². The Kier molecular flexibility index (Phi) is 3.99. The van der Waals surface area contributed by atoms with Gasteiger partial charge >= 0.3 is 0 Å². The predicted octanol–water partition coefficient (Wildman–Crippen LogP) is 4.18. The van der Waals surface area contributed by atoms with Crippen molar-refractivity contribution in [1.82, 2.24) is 5.32 Å². The van der Waals surface area contributed by atoms with E-state index in [1.54, 1.807) is 18.6 Å². The Morgan fingerprint density at radius 2 is 2.00 bits per heavy atom. The summed E-state index contributed by atoms with van der Waals surface area (Å²) in [6, 6.07) is 9.81. The van der Waals surface area contributed by atoms with Crippen LogP contribution in [0.2, 0.25) is 0 Å². The second kappa shape index (κ2) is 5.95. The number of nitrogens with one attached hydrogen (secondary N) is 1. The lowest BCUT2D eigenvalue weighted by atomic mass is 9.86. The third kappa shape index (κ3) is 3.47. The lowest BCUT2D eigenvalue weighted by molar-refractivity contribution is -0.120. The van der Waals surface area contributed by atoms with Crippen LogP contribution in [0.3, 0.4) is 0 Å². The molecule has 4 nitrogen and oxygen atoms in total. The highest BCUT2D eigenvalue weighted by Crippen LogP contribution is 2.29. The molecule has 1 N–H and O–H groups in total. The van der Waals surface area contributed by atoms with Crippen LogP contribution in [0.15, 0.2) is 51.7 Å². The van der Waals surface area contributed by atoms with Crippen molar-refractivity contribution in [2.75, 3.05) is 0 Å². The van der Waals surface area contributed by atoms with E-state index < -0.39 is 0 Å². The zero-order valence-corrected chi connectivity index (χ0v) is 13.7. The highest BCUT2D eigenvalue weighted by molar-refractivity contribution is 5.88. The van der Waals surface area contributed by atoms with E-state index in [0.717, 1.165) is 22.3 Å². The number of benzene rings is 1. The fourth-order valence-electron chi connectivity index (χ4n) is 2.52. The monoisotopic (exact) mass is 311 g/mol. The molecule has 4 heteroatoms. The minimum absolute atomic E-state index is 0.0507. The van der Waals surface area contributed by atoms with Crippen LogP contribution in [0.4, 0.5) is 0 Å². The molecule has 120 valence electrons. The standard InChI is InChI=1S/C19H21NO3/c1-19(2,3)14-6-7-17-16(10-14)13(12-23-17)9-18(21)20-11-15-5-4-8-22-15/h4-8,10,12H,9,11H2,1-3H3,(H,20,21). The Hall–Kier alpha value is -2.49. The average molecular weight is 311 g/mol. The van der Waals surface area contributed by atoms with Crippen LogP contribution >= 0.6 is 0 Å².